The van der Waals surface area contributed by atoms with Crippen molar-refractivity contribution in [2.45, 2.75) is 52.4 Å². The molecule has 1 atom stereocenters. The van der Waals surface area contributed by atoms with Crippen LogP contribution < -0.4 is 15.4 Å². The molecule has 2 aromatic heterocycles. The number of aryl methyl sites for hydroxylation is 1. The maximum absolute atomic E-state index is 14.1. The van der Waals surface area contributed by atoms with Crippen LogP contribution in [0.1, 0.15) is 54.0 Å². The molecule has 4 rings (SSSR count). The van der Waals surface area contributed by atoms with Crippen LogP contribution in [0, 0.1) is 18.6 Å². The first-order valence-electron chi connectivity index (χ1n) is 13.1. The number of alkyl carbamates (subject to hydrolysis) is 1. The molecule has 4 aromatic rings. The molecule has 0 radical (unpaired) electrons. The second-order valence-corrected chi connectivity index (χ2v) is 10.8. The summed E-state index contributed by atoms with van der Waals surface area (Å²) in [7, 11) is 0. The number of rotatable bonds is 11. The molecule has 0 fully saturated rings. The fraction of sp³-hybridized carbons (Fsp3) is 0.300. The Morgan fingerprint density at radius 3 is 2.46 bits per heavy atom. The van der Waals surface area contributed by atoms with E-state index >= 15 is 0 Å². The Labute approximate surface area is 245 Å². The number of benzene rings is 2. The molecule has 0 saturated heterocycles. The van der Waals surface area contributed by atoms with Gasteiger partial charge < -0.3 is 20.1 Å². The van der Waals surface area contributed by atoms with Gasteiger partial charge in [-0.25, -0.2) is 18.6 Å². The van der Waals surface area contributed by atoms with Gasteiger partial charge in [0.25, 0.3) is 5.91 Å². The van der Waals surface area contributed by atoms with Gasteiger partial charge in [-0.1, -0.05) is 49.7 Å². The summed E-state index contributed by atoms with van der Waals surface area (Å²) < 4.78 is 41.5. The van der Waals surface area contributed by atoms with Crippen LogP contribution in [0.15, 0.2) is 65.3 Å². The normalized spacial score (nSPS) is 12.5. The molecule has 0 saturated carbocycles. The van der Waals surface area contributed by atoms with E-state index in [0.29, 0.717) is 22.2 Å². The van der Waals surface area contributed by atoms with Crippen LogP contribution in [-0.4, -0.2) is 33.5 Å². The molecule has 0 aliphatic heterocycles. The predicted molar refractivity (Wildman–Crippen MR) is 154 cm³/mol. The van der Waals surface area contributed by atoms with Crippen LogP contribution in [0.25, 0.3) is 5.65 Å². The first-order valence-corrected chi connectivity index (χ1v) is 13.9. The van der Waals surface area contributed by atoms with E-state index in [2.05, 4.69) is 31.5 Å². The average molecular weight is 630 g/mol. The molecule has 2 heterocycles. The van der Waals surface area contributed by atoms with Gasteiger partial charge in [0.1, 0.15) is 30.5 Å². The van der Waals surface area contributed by atoms with Gasteiger partial charge >= 0.3 is 6.09 Å². The maximum atomic E-state index is 14.1. The minimum Gasteiger partial charge on any atom is -0.485 e. The Bertz CT molecular complexity index is 1530. The second kappa shape index (κ2) is 13.1. The number of amides is 2. The first-order chi connectivity index (χ1) is 19.6. The number of fused-ring (bicyclic) bond motifs is 1. The molecule has 2 amide bonds. The number of pyridine rings is 1. The van der Waals surface area contributed by atoms with Crippen molar-refractivity contribution in [3.8, 4) is 5.75 Å². The van der Waals surface area contributed by atoms with Crippen molar-refractivity contribution in [3.63, 3.8) is 0 Å². The Morgan fingerprint density at radius 1 is 1.07 bits per heavy atom. The fourth-order valence-corrected chi connectivity index (χ4v) is 4.92. The van der Waals surface area contributed by atoms with Gasteiger partial charge in [-0.3, -0.25) is 9.20 Å². The predicted octanol–water partition coefficient (Wildman–Crippen LogP) is 6.48. The lowest BCUT2D eigenvalue weighted by atomic mass is 9.96. The largest absolute Gasteiger partial charge is 0.485 e. The third-order valence-electron chi connectivity index (χ3n) is 6.53. The Balaban J connectivity index is 1.48. The number of imidazole rings is 1. The van der Waals surface area contributed by atoms with E-state index in [4.69, 9.17) is 9.47 Å². The summed E-state index contributed by atoms with van der Waals surface area (Å²) in [5.41, 5.74) is 0.877. The number of nitrogens with one attached hydrogen (secondary N) is 2. The van der Waals surface area contributed by atoms with Gasteiger partial charge in [-0.2, -0.15) is 0 Å². The van der Waals surface area contributed by atoms with Crippen molar-refractivity contribution in [1.29, 1.82) is 0 Å². The summed E-state index contributed by atoms with van der Waals surface area (Å²) in [5.74, 6) is -1.62. The zero-order valence-corrected chi connectivity index (χ0v) is 24.6. The van der Waals surface area contributed by atoms with E-state index < -0.39 is 29.2 Å². The maximum Gasteiger partial charge on any atom is 0.407 e. The van der Waals surface area contributed by atoms with Crippen LogP contribution in [0.5, 0.6) is 5.75 Å². The first kappa shape index (κ1) is 30.0. The summed E-state index contributed by atoms with van der Waals surface area (Å²) in [6, 6.07) is 14.6. The van der Waals surface area contributed by atoms with Gasteiger partial charge in [0.05, 0.1) is 16.8 Å². The quantitative estimate of drug-likeness (QED) is 0.198. The van der Waals surface area contributed by atoms with Crippen molar-refractivity contribution in [1.82, 2.24) is 20.0 Å². The minimum atomic E-state index is -0.773. The highest BCUT2D eigenvalue weighted by molar-refractivity contribution is 9.10. The van der Waals surface area contributed by atoms with E-state index in [9.17, 15) is 18.4 Å². The molecular weight excluding hydrogens is 598 g/mol. The van der Waals surface area contributed by atoms with Gasteiger partial charge in [0.2, 0.25) is 0 Å². The average Bonchev–Trinajstić information content (AvgIpc) is 3.26. The van der Waals surface area contributed by atoms with Crippen molar-refractivity contribution in [2.75, 3.05) is 6.54 Å². The van der Waals surface area contributed by atoms with E-state index in [1.54, 1.807) is 23.6 Å². The zero-order chi connectivity index (χ0) is 29.6. The SMILES string of the molecule is CCCC(C)(CNC(=O)c1c(C)nc2c(OCc3c(F)cccc3F)cc(Br)cn12)NC(=O)OCc1ccccc1. The second-order valence-electron chi connectivity index (χ2n) is 9.93. The highest BCUT2D eigenvalue weighted by Gasteiger charge is 2.29. The number of nitrogens with zero attached hydrogens (tertiary/aromatic N) is 2. The van der Waals surface area contributed by atoms with Crippen molar-refractivity contribution in [3.05, 3.63) is 99.4 Å². The lowest BCUT2D eigenvalue weighted by molar-refractivity contribution is 0.0921. The zero-order valence-electron chi connectivity index (χ0n) is 23.0. The number of hydrogen-bond acceptors (Lipinski definition) is 5. The highest BCUT2D eigenvalue weighted by atomic mass is 79.9. The molecule has 2 aromatic carbocycles. The lowest BCUT2D eigenvalue weighted by Crippen LogP contribution is -2.53. The standard InChI is InChI=1S/C30H31BrF2N4O4/c1-4-13-30(3,36-29(39)41-16-20-9-6-5-7-10-20)18-34-28(38)26-19(2)35-27-25(14-21(31)15-37(26)27)40-17-22-23(32)11-8-12-24(22)33/h5-12,14-15H,4,13,16-18H2,1-3H3,(H,34,38)(H,36,39). The van der Waals surface area contributed by atoms with Crippen molar-refractivity contribution in [2.24, 2.45) is 0 Å². The molecule has 41 heavy (non-hydrogen) atoms. The molecule has 216 valence electrons. The number of halogens is 3. The minimum absolute atomic E-state index is 0.130. The van der Waals surface area contributed by atoms with Crippen LogP contribution in [0.4, 0.5) is 13.6 Å². The van der Waals surface area contributed by atoms with Crippen LogP contribution in [0.2, 0.25) is 0 Å². The van der Waals surface area contributed by atoms with Gasteiger partial charge in [0.15, 0.2) is 11.4 Å². The third kappa shape index (κ3) is 7.40. The molecule has 0 aliphatic rings. The monoisotopic (exact) mass is 628 g/mol. The van der Waals surface area contributed by atoms with Crippen molar-refractivity contribution < 1.29 is 27.8 Å². The number of carbonyl (C=O) groups is 2. The summed E-state index contributed by atoms with van der Waals surface area (Å²) in [5, 5.41) is 5.80. The van der Waals surface area contributed by atoms with Crippen LogP contribution in [-0.2, 0) is 18.0 Å². The van der Waals surface area contributed by atoms with Gasteiger partial charge in [-0.05, 0) is 60.0 Å². The van der Waals surface area contributed by atoms with E-state index in [1.165, 1.54) is 6.07 Å². The number of carbonyl (C=O) groups excluding carboxylic acids is 2. The smallest absolute Gasteiger partial charge is 0.407 e. The molecule has 0 bridgehead atoms. The summed E-state index contributed by atoms with van der Waals surface area (Å²) in [4.78, 5) is 30.5. The molecule has 0 aliphatic carbocycles. The molecule has 8 nitrogen and oxygen atoms in total. The molecular formula is C30H31BrF2N4O4. The van der Waals surface area contributed by atoms with E-state index in [1.807, 2.05) is 44.2 Å². The molecule has 0 spiro atoms. The fourth-order valence-electron chi connectivity index (χ4n) is 4.51. The summed E-state index contributed by atoms with van der Waals surface area (Å²) in [6.45, 7) is 5.41. The number of aromatic nitrogens is 2. The van der Waals surface area contributed by atoms with E-state index in [0.717, 1.165) is 24.1 Å². The number of hydrogen-bond donors (Lipinski definition) is 2. The highest BCUT2D eigenvalue weighted by Crippen LogP contribution is 2.28. The van der Waals surface area contributed by atoms with Gasteiger partial charge in [0, 0.05) is 17.2 Å². The summed E-state index contributed by atoms with van der Waals surface area (Å²) in [6.07, 6.45) is 2.43. The lowest BCUT2D eigenvalue weighted by Gasteiger charge is -2.30. The van der Waals surface area contributed by atoms with Gasteiger partial charge in [-0.15, -0.1) is 0 Å². The molecule has 2 N–H and O–H groups in total. The van der Waals surface area contributed by atoms with Crippen LogP contribution in [0.3, 0.4) is 0 Å². The molecule has 1 unspecified atom stereocenters. The van der Waals surface area contributed by atoms with Crippen LogP contribution >= 0.6 is 15.9 Å². The third-order valence-corrected chi connectivity index (χ3v) is 6.97. The number of ether oxygens (including phenoxy) is 2. The van der Waals surface area contributed by atoms with E-state index in [-0.39, 0.29) is 36.8 Å². The Kier molecular flexibility index (Phi) is 9.59. The topological polar surface area (TPSA) is 94.0 Å². The van der Waals surface area contributed by atoms with Crippen molar-refractivity contribution >= 4 is 33.6 Å². The molecule has 11 heteroatoms. The summed E-state index contributed by atoms with van der Waals surface area (Å²) >= 11 is 3.41. The Hall–Kier alpha value is -3.99. The Morgan fingerprint density at radius 2 is 1.78 bits per heavy atom.